The van der Waals surface area contributed by atoms with Crippen LogP contribution < -0.4 is 10.5 Å². The maximum absolute atomic E-state index is 13.2. The van der Waals surface area contributed by atoms with E-state index < -0.39 is 5.54 Å². The summed E-state index contributed by atoms with van der Waals surface area (Å²) in [5.74, 6) is 1.66. The molecule has 2 aromatic carbocycles. The van der Waals surface area contributed by atoms with Crippen LogP contribution in [0.3, 0.4) is 0 Å². The van der Waals surface area contributed by atoms with Gasteiger partial charge in [0.05, 0.1) is 0 Å². The van der Waals surface area contributed by atoms with E-state index in [0.717, 1.165) is 15.6 Å². The molecule has 0 radical (unpaired) electrons. The van der Waals surface area contributed by atoms with Crippen molar-refractivity contribution in [2.45, 2.75) is 25.3 Å². The Balaban J connectivity index is 2.05. The Bertz CT molecular complexity index is 938. The van der Waals surface area contributed by atoms with Crippen molar-refractivity contribution in [3.63, 3.8) is 0 Å². The van der Waals surface area contributed by atoms with Gasteiger partial charge < -0.3 is 10.5 Å². The number of hydrogen-bond acceptors (Lipinski definition) is 4. The van der Waals surface area contributed by atoms with Gasteiger partial charge in [-0.15, -0.1) is 0 Å². The molecule has 1 unspecified atom stereocenters. The summed E-state index contributed by atoms with van der Waals surface area (Å²) in [6, 6.07) is 11.6. The molecule has 4 rings (SSSR count). The third-order valence-electron chi connectivity index (χ3n) is 4.85. The van der Waals surface area contributed by atoms with Crippen LogP contribution in [0.1, 0.15) is 36.5 Å². The number of halogens is 1. The molecule has 5 nitrogen and oxygen atoms in total. The molecule has 2 aromatic rings. The fourth-order valence-electron chi connectivity index (χ4n) is 3.41. The number of nitrogens with two attached hydrogens (primary N) is 1. The number of aliphatic imine (C=N–C) groups is 1. The summed E-state index contributed by atoms with van der Waals surface area (Å²) in [5, 5.41) is 0. The minimum absolute atomic E-state index is 0.175. The topological polar surface area (TPSA) is 67.9 Å². The average molecular weight is 400 g/mol. The molecule has 1 atom stereocenters. The average Bonchev–Trinajstić information content (AvgIpc) is 2.80. The van der Waals surface area contributed by atoms with Gasteiger partial charge in [-0.2, -0.15) is 0 Å². The van der Waals surface area contributed by atoms with Crippen LogP contribution in [0.2, 0.25) is 0 Å². The quantitative estimate of drug-likeness (QED) is 0.794. The lowest BCUT2D eigenvalue weighted by Crippen LogP contribution is -2.42. The smallest absolute Gasteiger partial charge is 0.266 e. The summed E-state index contributed by atoms with van der Waals surface area (Å²) in [6.45, 7) is 4.24. The van der Waals surface area contributed by atoms with Gasteiger partial charge in [0, 0.05) is 22.6 Å². The number of amides is 1. The lowest BCUT2D eigenvalue weighted by Gasteiger charge is -2.34. The zero-order chi connectivity index (χ0) is 17.9. The maximum atomic E-state index is 13.2. The second-order valence-electron chi connectivity index (χ2n) is 6.70. The van der Waals surface area contributed by atoms with Gasteiger partial charge in [0.15, 0.2) is 5.96 Å². The van der Waals surface area contributed by atoms with Gasteiger partial charge in [0.1, 0.15) is 11.5 Å². The SMILES string of the molecule is CC(C)c1ccc2c(c1)Oc1ccc(Br)cc1C21N=C(N)N(C)C1=O. The summed E-state index contributed by atoms with van der Waals surface area (Å²) in [6.07, 6.45) is 0. The molecular weight excluding hydrogens is 382 g/mol. The van der Waals surface area contributed by atoms with Crippen molar-refractivity contribution in [3.8, 4) is 11.5 Å². The first-order valence-electron chi connectivity index (χ1n) is 8.10. The first-order chi connectivity index (χ1) is 11.8. The Morgan fingerprint density at radius 1 is 1.16 bits per heavy atom. The van der Waals surface area contributed by atoms with E-state index in [0.29, 0.717) is 23.0 Å². The van der Waals surface area contributed by atoms with Crippen molar-refractivity contribution in [2.24, 2.45) is 10.7 Å². The van der Waals surface area contributed by atoms with E-state index in [-0.39, 0.29) is 11.9 Å². The van der Waals surface area contributed by atoms with Crippen molar-refractivity contribution in [1.82, 2.24) is 4.90 Å². The van der Waals surface area contributed by atoms with Crippen LogP contribution in [0.25, 0.3) is 0 Å². The predicted molar refractivity (Wildman–Crippen MR) is 99.9 cm³/mol. The molecule has 0 aromatic heterocycles. The second-order valence-corrected chi connectivity index (χ2v) is 7.61. The molecule has 1 spiro atoms. The lowest BCUT2D eigenvalue weighted by molar-refractivity contribution is -0.129. The Morgan fingerprint density at radius 2 is 1.92 bits per heavy atom. The molecule has 2 heterocycles. The third-order valence-corrected chi connectivity index (χ3v) is 5.35. The molecule has 0 bridgehead atoms. The maximum Gasteiger partial charge on any atom is 0.266 e. The van der Waals surface area contributed by atoms with Crippen molar-refractivity contribution in [3.05, 3.63) is 57.6 Å². The Hall–Kier alpha value is -2.34. The highest BCUT2D eigenvalue weighted by molar-refractivity contribution is 9.10. The highest BCUT2D eigenvalue weighted by atomic mass is 79.9. The minimum Gasteiger partial charge on any atom is -0.457 e. The molecular formula is C19H18BrN3O2. The summed E-state index contributed by atoms with van der Waals surface area (Å²) in [7, 11) is 1.64. The van der Waals surface area contributed by atoms with Gasteiger partial charge in [-0.1, -0.05) is 41.9 Å². The third kappa shape index (κ3) is 2.13. The van der Waals surface area contributed by atoms with Crippen LogP contribution in [0.15, 0.2) is 45.9 Å². The van der Waals surface area contributed by atoms with Crippen molar-refractivity contribution >= 4 is 27.8 Å². The van der Waals surface area contributed by atoms with Gasteiger partial charge in [0.25, 0.3) is 5.91 Å². The van der Waals surface area contributed by atoms with E-state index in [1.165, 1.54) is 4.90 Å². The normalized spacial score (nSPS) is 21.2. The molecule has 1 amide bonds. The summed E-state index contributed by atoms with van der Waals surface area (Å²) >= 11 is 3.48. The van der Waals surface area contributed by atoms with E-state index in [9.17, 15) is 4.79 Å². The van der Waals surface area contributed by atoms with Crippen molar-refractivity contribution in [1.29, 1.82) is 0 Å². The van der Waals surface area contributed by atoms with Crippen molar-refractivity contribution in [2.75, 3.05) is 7.05 Å². The number of benzene rings is 2. The predicted octanol–water partition coefficient (Wildman–Crippen LogP) is 3.71. The fourth-order valence-corrected chi connectivity index (χ4v) is 3.77. The molecule has 2 N–H and O–H groups in total. The van der Waals surface area contributed by atoms with Gasteiger partial charge in [-0.25, -0.2) is 4.99 Å². The number of guanidine groups is 1. The first kappa shape index (κ1) is 16.1. The molecule has 25 heavy (non-hydrogen) atoms. The highest BCUT2D eigenvalue weighted by Crippen LogP contribution is 2.52. The number of hydrogen-bond donors (Lipinski definition) is 1. The molecule has 0 saturated heterocycles. The summed E-state index contributed by atoms with van der Waals surface area (Å²) < 4.78 is 6.98. The van der Waals surface area contributed by atoms with Gasteiger partial charge >= 0.3 is 0 Å². The standard InChI is InChI=1S/C19H18BrN3O2/c1-10(2)11-4-6-13-16(8-11)25-15-7-5-12(20)9-14(15)19(13)17(24)23(3)18(21)22-19/h4-10H,1-3H3,(H2,21,22). The highest BCUT2D eigenvalue weighted by Gasteiger charge is 2.54. The van der Waals surface area contributed by atoms with Gasteiger partial charge in [-0.3, -0.25) is 9.69 Å². The number of carbonyl (C=O) groups is 1. The number of ether oxygens (including phenoxy) is 1. The van der Waals surface area contributed by atoms with Crippen LogP contribution in [0.4, 0.5) is 0 Å². The van der Waals surface area contributed by atoms with Crippen LogP contribution >= 0.6 is 15.9 Å². The number of likely N-dealkylation sites (N-methyl/N-ethyl adjacent to an activating group) is 1. The molecule has 6 heteroatoms. The number of rotatable bonds is 1. The Morgan fingerprint density at radius 3 is 2.56 bits per heavy atom. The molecule has 0 saturated carbocycles. The van der Waals surface area contributed by atoms with E-state index >= 15 is 0 Å². The largest absolute Gasteiger partial charge is 0.457 e. The number of fused-ring (bicyclic) bond motifs is 4. The van der Waals surface area contributed by atoms with Gasteiger partial charge in [0.2, 0.25) is 5.54 Å². The summed E-state index contributed by atoms with van der Waals surface area (Å²) in [4.78, 5) is 19.2. The first-order valence-corrected chi connectivity index (χ1v) is 8.89. The van der Waals surface area contributed by atoms with E-state index in [1.54, 1.807) is 7.05 Å². The van der Waals surface area contributed by atoms with Crippen LogP contribution in [0, 0.1) is 0 Å². The zero-order valence-electron chi connectivity index (χ0n) is 14.2. The zero-order valence-corrected chi connectivity index (χ0v) is 15.8. The van der Waals surface area contributed by atoms with E-state index in [1.807, 2.05) is 36.4 Å². The molecule has 2 aliphatic rings. The van der Waals surface area contributed by atoms with E-state index in [4.69, 9.17) is 10.5 Å². The van der Waals surface area contributed by atoms with Crippen LogP contribution in [0.5, 0.6) is 11.5 Å². The monoisotopic (exact) mass is 399 g/mol. The lowest BCUT2D eigenvalue weighted by atomic mass is 9.79. The summed E-state index contributed by atoms with van der Waals surface area (Å²) in [5.41, 5.74) is 7.38. The number of nitrogens with zero attached hydrogens (tertiary/aromatic N) is 2. The minimum atomic E-state index is -1.19. The van der Waals surface area contributed by atoms with Crippen LogP contribution in [-0.4, -0.2) is 23.8 Å². The molecule has 0 aliphatic carbocycles. The number of carbonyl (C=O) groups excluding carboxylic acids is 1. The molecule has 128 valence electrons. The molecule has 2 aliphatic heterocycles. The van der Waals surface area contributed by atoms with Gasteiger partial charge in [-0.05, 0) is 35.7 Å². The molecule has 0 fully saturated rings. The second kappa shape index (κ2) is 5.33. The fraction of sp³-hybridized carbons (Fsp3) is 0.263. The van der Waals surface area contributed by atoms with Crippen molar-refractivity contribution < 1.29 is 9.53 Å². The van der Waals surface area contributed by atoms with E-state index in [2.05, 4.69) is 34.8 Å². The van der Waals surface area contributed by atoms with Crippen LogP contribution in [-0.2, 0) is 10.3 Å². The Labute approximate surface area is 154 Å². The Kier molecular flexibility index (Phi) is 3.44.